The molecule has 0 amide bonds. The number of hydrogen-bond acceptors (Lipinski definition) is 2. The highest BCUT2D eigenvalue weighted by Gasteiger charge is 2.17. The van der Waals surface area contributed by atoms with E-state index in [1.807, 2.05) is 19.1 Å². The summed E-state index contributed by atoms with van der Waals surface area (Å²) in [5.41, 5.74) is 7.88. The Morgan fingerprint density at radius 1 is 0.960 bits per heavy atom. The third-order valence-electron chi connectivity index (χ3n) is 4.90. The highest BCUT2D eigenvalue weighted by molar-refractivity contribution is 5.75. The third kappa shape index (κ3) is 2.90. The van der Waals surface area contributed by atoms with Crippen molar-refractivity contribution in [2.75, 3.05) is 11.4 Å². The highest BCUT2D eigenvalue weighted by atomic mass is 15.1. The first-order chi connectivity index (χ1) is 12.3. The molecule has 3 aromatic rings. The van der Waals surface area contributed by atoms with E-state index in [4.69, 9.17) is 0 Å². The molecule has 0 spiro atoms. The molecule has 0 saturated carbocycles. The van der Waals surface area contributed by atoms with Gasteiger partial charge in [0, 0.05) is 17.9 Å². The Labute approximate surface area is 149 Å². The minimum atomic E-state index is 0.732. The lowest BCUT2D eigenvalue weighted by molar-refractivity contribution is 0.767. The van der Waals surface area contributed by atoms with Gasteiger partial charge >= 0.3 is 0 Å². The molecule has 0 radical (unpaired) electrons. The van der Waals surface area contributed by atoms with Crippen molar-refractivity contribution < 1.29 is 0 Å². The summed E-state index contributed by atoms with van der Waals surface area (Å²) >= 11 is 0. The smallest absolute Gasteiger partial charge is 0.0998 e. The Balaban J connectivity index is 1.69. The SMILES string of the molecule is Cc1ccc(-c2ccc(N3CCCc4ccccc43)cc2)c(C#N)c1. The fraction of sp³-hybridized carbons (Fsp3) is 0.174. The number of nitriles is 1. The number of hydrogen-bond donors (Lipinski definition) is 0. The standard InChI is InChI=1S/C23H20N2/c1-17-8-13-22(20(15-17)16-24)18-9-11-21(12-10-18)25-14-4-6-19-5-2-3-7-23(19)25/h2-3,5,7-13,15H,4,6,14H2,1H3. The average molecular weight is 324 g/mol. The van der Waals surface area contributed by atoms with Crippen LogP contribution in [0.1, 0.15) is 23.1 Å². The fourth-order valence-electron chi connectivity index (χ4n) is 3.63. The lowest BCUT2D eigenvalue weighted by Gasteiger charge is -2.31. The zero-order chi connectivity index (χ0) is 17.2. The van der Waals surface area contributed by atoms with Crippen LogP contribution in [0, 0.1) is 18.3 Å². The molecule has 0 aromatic heterocycles. The van der Waals surface area contributed by atoms with Gasteiger partial charge in [0.1, 0.15) is 0 Å². The summed E-state index contributed by atoms with van der Waals surface area (Å²) in [6.45, 7) is 3.06. The molecule has 1 aliphatic rings. The molecular formula is C23H20N2. The van der Waals surface area contributed by atoms with E-state index in [2.05, 4.69) is 65.6 Å². The van der Waals surface area contributed by atoms with Crippen molar-refractivity contribution in [3.05, 3.63) is 83.4 Å². The maximum absolute atomic E-state index is 9.41. The monoisotopic (exact) mass is 324 g/mol. The normalized spacial score (nSPS) is 13.2. The highest BCUT2D eigenvalue weighted by Crippen LogP contribution is 2.34. The second-order valence-electron chi connectivity index (χ2n) is 6.59. The Morgan fingerprint density at radius 3 is 2.56 bits per heavy atom. The van der Waals surface area contributed by atoms with Crippen LogP contribution in [0.4, 0.5) is 11.4 Å². The minimum absolute atomic E-state index is 0.732. The maximum atomic E-state index is 9.41. The third-order valence-corrected chi connectivity index (χ3v) is 4.90. The van der Waals surface area contributed by atoms with Crippen LogP contribution < -0.4 is 4.90 Å². The Bertz CT molecular complexity index is 949. The number of benzene rings is 3. The molecule has 1 heterocycles. The quantitative estimate of drug-likeness (QED) is 0.612. The molecule has 0 unspecified atom stereocenters. The van der Waals surface area contributed by atoms with Gasteiger partial charge in [-0.25, -0.2) is 0 Å². The van der Waals surface area contributed by atoms with Crippen molar-refractivity contribution in [2.24, 2.45) is 0 Å². The summed E-state index contributed by atoms with van der Waals surface area (Å²) in [4.78, 5) is 2.39. The van der Waals surface area contributed by atoms with Crippen molar-refractivity contribution >= 4 is 11.4 Å². The molecule has 0 atom stereocenters. The number of fused-ring (bicyclic) bond motifs is 1. The van der Waals surface area contributed by atoms with E-state index in [-0.39, 0.29) is 0 Å². The van der Waals surface area contributed by atoms with Gasteiger partial charge in [0.2, 0.25) is 0 Å². The van der Waals surface area contributed by atoms with Crippen LogP contribution in [0.25, 0.3) is 11.1 Å². The van der Waals surface area contributed by atoms with Crippen molar-refractivity contribution in [1.82, 2.24) is 0 Å². The minimum Gasteiger partial charge on any atom is -0.341 e. The lowest BCUT2D eigenvalue weighted by atomic mass is 9.97. The van der Waals surface area contributed by atoms with Crippen molar-refractivity contribution in [3.8, 4) is 17.2 Å². The van der Waals surface area contributed by atoms with Crippen LogP contribution in [-0.2, 0) is 6.42 Å². The van der Waals surface area contributed by atoms with E-state index in [1.165, 1.54) is 23.4 Å². The first-order valence-electron chi connectivity index (χ1n) is 8.73. The van der Waals surface area contributed by atoms with Gasteiger partial charge in [-0.15, -0.1) is 0 Å². The second kappa shape index (κ2) is 6.45. The zero-order valence-corrected chi connectivity index (χ0v) is 14.4. The van der Waals surface area contributed by atoms with Crippen LogP contribution in [0.15, 0.2) is 66.7 Å². The second-order valence-corrected chi connectivity index (χ2v) is 6.59. The summed E-state index contributed by atoms with van der Waals surface area (Å²) in [6.07, 6.45) is 2.33. The summed E-state index contributed by atoms with van der Waals surface area (Å²) in [5.74, 6) is 0. The van der Waals surface area contributed by atoms with E-state index in [0.29, 0.717) is 0 Å². The lowest BCUT2D eigenvalue weighted by Crippen LogP contribution is -2.24. The number of aryl methyl sites for hydroxylation is 2. The van der Waals surface area contributed by atoms with Gasteiger partial charge in [-0.3, -0.25) is 0 Å². The van der Waals surface area contributed by atoms with Gasteiger partial charge in [-0.2, -0.15) is 5.26 Å². The molecule has 25 heavy (non-hydrogen) atoms. The van der Waals surface area contributed by atoms with Crippen molar-refractivity contribution in [2.45, 2.75) is 19.8 Å². The van der Waals surface area contributed by atoms with Crippen LogP contribution in [0.3, 0.4) is 0 Å². The molecule has 2 nitrogen and oxygen atoms in total. The molecule has 4 rings (SSSR count). The van der Waals surface area contributed by atoms with Crippen LogP contribution in [-0.4, -0.2) is 6.54 Å². The number of para-hydroxylation sites is 1. The Kier molecular flexibility index (Phi) is 3.99. The molecule has 0 aliphatic carbocycles. The molecule has 0 fully saturated rings. The summed E-state index contributed by atoms with van der Waals surface area (Å²) in [5, 5.41) is 9.41. The summed E-state index contributed by atoms with van der Waals surface area (Å²) in [7, 11) is 0. The molecule has 122 valence electrons. The summed E-state index contributed by atoms with van der Waals surface area (Å²) in [6, 6.07) is 25.6. The van der Waals surface area contributed by atoms with Gasteiger partial charge in [-0.05, 0) is 66.3 Å². The average Bonchev–Trinajstić information content (AvgIpc) is 2.67. The molecule has 3 aromatic carbocycles. The molecule has 0 N–H and O–H groups in total. The number of nitrogens with zero attached hydrogens (tertiary/aromatic N) is 2. The van der Waals surface area contributed by atoms with Crippen LogP contribution in [0.2, 0.25) is 0 Å². The predicted molar refractivity (Wildman–Crippen MR) is 103 cm³/mol. The molecular weight excluding hydrogens is 304 g/mol. The van der Waals surface area contributed by atoms with Gasteiger partial charge in [0.15, 0.2) is 0 Å². The predicted octanol–water partition coefficient (Wildman–Crippen LogP) is 5.62. The molecule has 0 bridgehead atoms. The van der Waals surface area contributed by atoms with E-state index < -0.39 is 0 Å². The van der Waals surface area contributed by atoms with Crippen LogP contribution in [0.5, 0.6) is 0 Å². The van der Waals surface area contributed by atoms with Gasteiger partial charge < -0.3 is 4.90 Å². The summed E-state index contributed by atoms with van der Waals surface area (Å²) < 4.78 is 0. The van der Waals surface area contributed by atoms with E-state index in [0.717, 1.165) is 35.2 Å². The zero-order valence-electron chi connectivity index (χ0n) is 14.4. The largest absolute Gasteiger partial charge is 0.341 e. The van der Waals surface area contributed by atoms with Gasteiger partial charge in [-0.1, -0.05) is 42.5 Å². The topological polar surface area (TPSA) is 27.0 Å². The Morgan fingerprint density at radius 2 is 1.76 bits per heavy atom. The van der Waals surface area contributed by atoms with Crippen LogP contribution >= 0.6 is 0 Å². The first-order valence-corrected chi connectivity index (χ1v) is 8.73. The molecule has 1 aliphatic heterocycles. The fourth-order valence-corrected chi connectivity index (χ4v) is 3.63. The van der Waals surface area contributed by atoms with Crippen molar-refractivity contribution in [1.29, 1.82) is 5.26 Å². The first kappa shape index (κ1) is 15.5. The Hall–Kier alpha value is -3.05. The van der Waals surface area contributed by atoms with Gasteiger partial charge in [0.25, 0.3) is 0 Å². The van der Waals surface area contributed by atoms with Crippen molar-refractivity contribution in [3.63, 3.8) is 0 Å². The van der Waals surface area contributed by atoms with E-state index in [9.17, 15) is 5.26 Å². The van der Waals surface area contributed by atoms with Gasteiger partial charge in [0.05, 0.1) is 11.6 Å². The molecule has 2 heteroatoms. The van der Waals surface area contributed by atoms with E-state index in [1.54, 1.807) is 0 Å². The molecule has 0 saturated heterocycles. The van der Waals surface area contributed by atoms with E-state index >= 15 is 0 Å². The maximum Gasteiger partial charge on any atom is 0.0998 e. The number of anilines is 2. The number of rotatable bonds is 2.